The topological polar surface area (TPSA) is 57.8 Å². The average Bonchev–Trinajstić information content (AvgIpc) is 3.07. The number of aryl methyl sites for hydroxylation is 1. The molecule has 0 fully saturated rings. The van der Waals surface area contributed by atoms with Gasteiger partial charge in [-0.15, -0.1) is 11.8 Å². The van der Waals surface area contributed by atoms with Gasteiger partial charge in [-0.1, -0.05) is 12.1 Å². The second kappa shape index (κ2) is 6.08. The zero-order chi connectivity index (χ0) is 15.6. The van der Waals surface area contributed by atoms with Crippen molar-refractivity contribution in [1.29, 1.82) is 0 Å². The van der Waals surface area contributed by atoms with Crippen molar-refractivity contribution in [1.82, 2.24) is 15.3 Å². The molecule has 0 saturated carbocycles. The highest BCUT2D eigenvalue weighted by Crippen LogP contribution is 2.30. The molecule has 1 amide bonds. The van der Waals surface area contributed by atoms with Gasteiger partial charge >= 0.3 is 0 Å². The third kappa shape index (κ3) is 2.97. The van der Waals surface area contributed by atoms with E-state index in [-0.39, 0.29) is 5.91 Å². The van der Waals surface area contributed by atoms with Gasteiger partial charge in [-0.05, 0) is 54.0 Å². The summed E-state index contributed by atoms with van der Waals surface area (Å²) in [5.74, 6) is 1.15. The molecule has 2 N–H and O–H groups in total. The largest absolute Gasteiger partial charge is 0.348 e. The van der Waals surface area contributed by atoms with Crippen molar-refractivity contribution in [2.75, 3.05) is 5.75 Å². The number of thioether (sulfide) groups is 1. The maximum Gasteiger partial charge on any atom is 0.251 e. The lowest BCUT2D eigenvalue weighted by atomic mass is 10.1. The van der Waals surface area contributed by atoms with Crippen molar-refractivity contribution in [3.63, 3.8) is 0 Å². The third-order valence-corrected chi connectivity index (χ3v) is 5.31. The number of fused-ring (bicyclic) bond motifs is 2. The van der Waals surface area contributed by atoms with Gasteiger partial charge in [-0.2, -0.15) is 0 Å². The first-order valence-corrected chi connectivity index (χ1v) is 8.74. The zero-order valence-corrected chi connectivity index (χ0v) is 13.5. The Labute approximate surface area is 138 Å². The Hall–Kier alpha value is -2.27. The fourth-order valence-electron chi connectivity index (χ4n) is 2.88. The van der Waals surface area contributed by atoms with Crippen LogP contribution in [-0.2, 0) is 13.0 Å². The monoisotopic (exact) mass is 323 g/mol. The van der Waals surface area contributed by atoms with Crippen molar-refractivity contribution in [3.8, 4) is 0 Å². The number of imidazole rings is 1. The molecule has 2 heterocycles. The molecule has 1 aliphatic heterocycles. The summed E-state index contributed by atoms with van der Waals surface area (Å²) in [6.07, 6.45) is 4.01. The SMILES string of the molecule is O=C(NCc1ccc2c(c1)CCCS2)c1ccc2nc[nH]c2c1. The molecule has 116 valence electrons. The van der Waals surface area contributed by atoms with Crippen LogP contribution in [0, 0.1) is 0 Å². The first kappa shape index (κ1) is 14.3. The van der Waals surface area contributed by atoms with Crippen LogP contribution in [0.2, 0.25) is 0 Å². The second-order valence-electron chi connectivity index (χ2n) is 5.71. The zero-order valence-electron chi connectivity index (χ0n) is 12.6. The van der Waals surface area contributed by atoms with Gasteiger partial charge in [0, 0.05) is 17.0 Å². The Balaban J connectivity index is 1.46. The number of aromatic amines is 1. The van der Waals surface area contributed by atoms with E-state index >= 15 is 0 Å². The van der Waals surface area contributed by atoms with Crippen LogP contribution in [0.1, 0.15) is 27.9 Å². The van der Waals surface area contributed by atoms with E-state index in [0.29, 0.717) is 12.1 Å². The van der Waals surface area contributed by atoms with Gasteiger partial charge in [0.1, 0.15) is 0 Å². The summed E-state index contributed by atoms with van der Waals surface area (Å²) in [6, 6.07) is 12.0. The number of hydrogen-bond acceptors (Lipinski definition) is 3. The molecule has 0 saturated heterocycles. The fourth-order valence-corrected chi connectivity index (χ4v) is 3.90. The Kier molecular flexibility index (Phi) is 3.79. The van der Waals surface area contributed by atoms with E-state index in [1.807, 2.05) is 30.0 Å². The van der Waals surface area contributed by atoms with Crippen molar-refractivity contribution in [2.45, 2.75) is 24.3 Å². The second-order valence-corrected chi connectivity index (χ2v) is 6.85. The van der Waals surface area contributed by atoms with Gasteiger partial charge in [-0.3, -0.25) is 4.79 Å². The number of hydrogen-bond donors (Lipinski definition) is 2. The summed E-state index contributed by atoms with van der Waals surface area (Å²) < 4.78 is 0. The molecule has 3 aromatic rings. The molecular weight excluding hydrogens is 306 g/mol. The predicted octanol–water partition coefficient (Wildman–Crippen LogP) is 3.53. The van der Waals surface area contributed by atoms with Crippen LogP contribution < -0.4 is 5.32 Å². The highest BCUT2D eigenvalue weighted by atomic mass is 32.2. The number of H-pyrrole nitrogens is 1. The van der Waals surface area contributed by atoms with E-state index in [2.05, 4.69) is 33.5 Å². The molecule has 4 rings (SSSR count). The summed E-state index contributed by atoms with van der Waals surface area (Å²) in [6.45, 7) is 0.553. The van der Waals surface area contributed by atoms with Crippen molar-refractivity contribution in [2.24, 2.45) is 0 Å². The maximum atomic E-state index is 12.3. The van der Waals surface area contributed by atoms with Crippen LogP contribution in [0.4, 0.5) is 0 Å². The van der Waals surface area contributed by atoms with Crippen molar-refractivity contribution >= 4 is 28.7 Å². The number of carbonyl (C=O) groups is 1. The van der Waals surface area contributed by atoms with E-state index in [1.165, 1.54) is 22.6 Å². The van der Waals surface area contributed by atoms with Gasteiger partial charge in [0.15, 0.2) is 0 Å². The maximum absolute atomic E-state index is 12.3. The molecule has 0 spiro atoms. The molecule has 0 radical (unpaired) electrons. The number of nitrogens with zero attached hydrogens (tertiary/aromatic N) is 1. The van der Waals surface area contributed by atoms with Gasteiger partial charge in [-0.25, -0.2) is 4.98 Å². The average molecular weight is 323 g/mol. The van der Waals surface area contributed by atoms with E-state index in [9.17, 15) is 4.79 Å². The standard InChI is InChI=1S/C18H17N3OS/c22-18(14-4-5-15-16(9-14)21-11-20-15)19-10-12-3-6-17-13(8-12)2-1-7-23-17/h3-6,8-9,11H,1-2,7,10H2,(H,19,22)(H,20,21). The van der Waals surface area contributed by atoms with Crippen LogP contribution >= 0.6 is 11.8 Å². The fraction of sp³-hybridized carbons (Fsp3) is 0.222. The van der Waals surface area contributed by atoms with Crippen molar-refractivity contribution < 1.29 is 4.79 Å². The van der Waals surface area contributed by atoms with Crippen LogP contribution in [0.25, 0.3) is 11.0 Å². The normalized spacial score (nSPS) is 13.7. The highest BCUT2D eigenvalue weighted by Gasteiger charge is 2.11. The molecule has 2 aromatic carbocycles. The molecule has 1 aromatic heterocycles. The number of nitrogens with one attached hydrogen (secondary N) is 2. The summed E-state index contributed by atoms with van der Waals surface area (Å²) in [5, 5.41) is 3.00. The number of rotatable bonds is 3. The Morgan fingerprint density at radius 3 is 3.17 bits per heavy atom. The lowest BCUT2D eigenvalue weighted by Crippen LogP contribution is -2.22. The molecule has 23 heavy (non-hydrogen) atoms. The van der Waals surface area contributed by atoms with Crippen LogP contribution in [0.15, 0.2) is 47.6 Å². The molecule has 5 heteroatoms. The Morgan fingerprint density at radius 2 is 2.22 bits per heavy atom. The molecule has 0 atom stereocenters. The van der Waals surface area contributed by atoms with Gasteiger partial charge in [0.2, 0.25) is 0 Å². The minimum absolute atomic E-state index is 0.0615. The molecule has 0 aliphatic carbocycles. The van der Waals surface area contributed by atoms with Gasteiger partial charge < -0.3 is 10.3 Å². The molecule has 1 aliphatic rings. The van der Waals surface area contributed by atoms with E-state index in [0.717, 1.165) is 23.0 Å². The van der Waals surface area contributed by atoms with Gasteiger partial charge in [0.25, 0.3) is 5.91 Å². The molecule has 0 bridgehead atoms. The minimum Gasteiger partial charge on any atom is -0.348 e. The number of carbonyl (C=O) groups excluding carboxylic acids is 1. The van der Waals surface area contributed by atoms with Crippen LogP contribution in [0.3, 0.4) is 0 Å². The van der Waals surface area contributed by atoms with E-state index in [4.69, 9.17) is 0 Å². The number of benzene rings is 2. The summed E-state index contributed by atoms with van der Waals surface area (Å²) in [7, 11) is 0. The lowest BCUT2D eigenvalue weighted by Gasteiger charge is -2.16. The third-order valence-electron chi connectivity index (χ3n) is 4.11. The first-order valence-electron chi connectivity index (χ1n) is 7.75. The summed E-state index contributed by atoms with van der Waals surface area (Å²) >= 11 is 1.92. The highest BCUT2D eigenvalue weighted by molar-refractivity contribution is 7.99. The van der Waals surface area contributed by atoms with Crippen molar-refractivity contribution in [3.05, 3.63) is 59.4 Å². The van der Waals surface area contributed by atoms with Crippen LogP contribution in [0.5, 0.6) is 0 Å². The van der Waals surface area contributed by atoms with Crippen LogP contribution in [-0.4, -0.2) is 21.6 Å². The smallest absolute Gasteiger partial charge is 0.251 e. The quantitative estimate of drug-likeness (QED) is 0.775. The van der Waals surface area contributed by atoms with Gasteiger partial charge in [0.05, 0.1) is 17.4 Å². The number of amides is 1. The number of aromatic nitrogens is 2. The van der Waals surface area contributed by atoms with E-state index in [1.54, 1.807) is 6.33 Å². The lowest BCUT2D eigenvalue weighted by molar-refractivity contribution is 0.0951. The Morgan fingerprint density at radius 1 is 1.26 bits per heavy atom. The molecule has 4 nitrogen and oxygen atoms in total. The predicted molar refractivity (Wildman–Crippen MR) is 92.8 cm³/mol. The minimum atomic E-state index is -0.0615. The summed E-state index contributed by atoms with van der Waals surface area (Å²) in [5.41, 5.74) is 4.96. The Bertz CT molecular complexity index is 872. The molecular formula is C18H17N3OS. The van der Waals surface area contributed by atoms with E-state index < -0.39 is 0 Å². The molecule has 0 unspecified atom stereocenters. The summed E-state index contributed by atoms with van der Waals surface area (Å²) in [4.78, 5) is 20.9. The first-order chi connectivity index (χ1) is 11.3.